The third-order valence-corrected chi connectivity index (χ3v) is 4.19. The normalized spacial score (nSPS) is 17.3. The minimum Gasteiger partial charge on any atom is -0.486 e. The topological polar surface area (TPSA) is 79.9 Å². The zero-order valence-electron chi connectivity index (χ0n) is 14.0. The summed E-state index contributed by atoms with van der Waals surface area (Å²) in [6.45, 7) is 3.01. The Bertz CT molecular complexity index is 630. The van der Waals surface area contributed by atoms with Gasteiger partial charge in [-0.05, 0) is 38.9 Å². The van der Waals surface area contributed by atoms with Crippen molar-refractivity contribution >= 4 is 17.5 Å². The van der Waals surface area contributed by atoms with Gasteiger partial charge in [-0.2, -0.15) is 0 Å². The van der Waals surface area contributed by atoms with Crippen LogP contribution in [0.4, 0.5) is 5.69 Å². The summed E-state index contributed by atoms with van der Waals surface area (Å²) in [5.74, 6) is 1.09. The number of nitrogens with zero attached hydrogens (tertiary/aromatic N) is 1. The first-order chi connectivity index (χ1) is 11.5. The minimum atomic E-state index is -0.428. The number of hydrogen-bond donors (Lipinski definition) is 2. The molecule has 1 aliphatic heterocycles. The van der Waals surface area contributed by atoms with E-state index in [1.54, 1.807) is 37.1 Å². The molecule has 0 spiro atoms. The molecule has 2 aliphatic rings. The molecule has 0 saturated heterocycles. The number of hydrogen-bond acceptors (Lipinski definition) is 5. The Morgan fingerprint density at radius 2 is 1.96 bits per heavy atom. The van der Waals surface area contributed by atoms with Crippen LogP contribution in [0.5, 0.6) is 11.5 Å². The van der Waals surface area contributed by atoms with Crippen molar-refractivity contribution in [2.24, 2.45) is 0 Å². The molecule has 130 valence electrons. The SMILES string of the molecule is C[C@@H](C(=O)Nc1ccc2c(c1)OCCO2)N(C)CC(=O)NC1CC1. The van der Waals surface area contributed by atoms with Crippen LogP contribution >= 0.6 is 0 Å². The summed E-state index contributed by atoms with van der Waals surface area (Å²) in [6, 6.07) is 5.20. The summed E-state index contributed by atoms with van der Waals surface area (Å²) < 4.78 is 11.0. The highest BCUT2D eigenvalue weighted by Gasteiger charge is 2.26. The number of amides is 2. The third kappa shape index (κ3) is 4.17. The van der Waals surface area contributed by atoms with E-state index in [1.807, 2.05) is 0 Å². The number of fused-ring (bicyclic) bond motifs is 1. The standard InChI is InChI=1S/C17H23N3O4/c1-11(20(2)10-16(21)18-12-3-4-12)17(22)19-13-5-6-14-15(9-13)24-8-7-23-14/h5-6,9,11-12H,3-4,7-8,10H2,1-2H3,(H,18,21)(H,19,22)/t11-/m0/s1. The van der Waals surface area contributed by atoms with Crippen LogP contribution in [0.1, 0.15) is 19.8 Å². The fraction of sp³-hybridized carbons (Fsp3) is 0.529. The summed E-state index contributed by atoms with van der Waals surface area (Å²) in [5, 5.41) is 5.77. The lowest BCUT2D eigenvalue weighted by molar-refractivity contribution is -0.124. The van der Waals surface area contributed by atoms with Gasteiger partial charge in [0.2, 0.25) is 11.8 Å². The van der Waals surface area contributed by atoms with Crippen molar-refractivity contribution in [1.29, 1.82) is 0 Å². The monoisotopic (exact) mass is 333 g/mol. The summed E-state index contributed by atoms with van der Waals surface area (Å²) in [5.41, 5.74) is 0.645. The Labute approximate surface area is 141 Å². The van der Waals surface area contributed by atoms with E-state index in [9.17, 15) is 9.59 Å². The van der Waals surface area contributed by atoms with Gasteiger partial charge in [0, 0.05) is 17.8 Å². The molecule has 1 heterocycles. The predicted molar refractivity (Wildman–Crippen MR) is 89.3 cm³/mol. The highest BCUT2D eigenvalue weighted by Crippen LogP contribution is 2.32. The van der Waals surface area contributed by atoms with E-state index in [1.165, 1.54) is 0 Å². The van der Waals surface area contributed by atoms with Crippen molar-refractivity contribution in [1.82, 2.24) is 10.2 Å². The molecule has 7 heteroatoms. The lowest BCUT2D eigenvalue weighted by Gasteiger charge is -2.24. The Balaban J connectivity index is 1.54. The summed E-state index contributed by atoms with van der Waals surface area (Å²) in [7, 11) is 1.76. The van der Waals surface area contributed by atoms with E-state index < -0.39 is 6.04 Å². The molecule has 0 radical (unpaired) electrons. The first kappa shape index (κ1) is 16.6. The van der Waals surface area contributed by atoms with Gasteiger partial charge >= 0.3 is 0 Å². The van der Waals surface area contributed by atoms with Gasteiger partial charge in [-0.25, -0.2) is 0 Å². The Hall–Kier alpha value is -2.28. The second-order valence-electron chi connectivity index (χ2n) is 6.28. The Morgan fingerprint density at radius 1 is 1.25 bits per heavy atom. The van der Waals surface area contributed by atoms with Crippen molar-refractivity contribution in [2.75, 3.05) is 32.1 Å². The van der Waals surface area contributed by atoms with Crippen molar-refractivity contribution in [3.05, 3.63) is 18.2 Å². The third-order valence-electron chi connectivity index (χ3n) is 4.19. The maximum absolute atomic E-state index is 12.4. The minimum absolute atomic E-state index is 0.0426. The van der Waals surface area contributed by atoms with Gasteiger partial charge in [-0.3, -0.25) is 14.5 Å². The number of rotatable bonds is 6. The smallest absolute Gasteiger partial charge is 0.241 e. The molecule has 0 unspecified atom stereocenters. The highest BCUT2D eigenvalue weighted by atomic mass is 16.6. The average molecular weight is 333 g/mol. The maximum atomic E-state index is 12.4. The number of carbonyl (C=O) groups is 2. The van der Waals surface area contributed by atoms with E-state index in [0.29, 0.717) is 36.4 Å². The van der Waals surface area contributed by atoms with Crippen LogP contribution in [0, 0.1) is 0 Å². The highest BCUT2D eigenvalue weighted by molar-refractivity contribution is 5.95. The zero-order chi connectivity index (χ0) is 17.1. The fourth-order valence-corrected chi connectivity index (χ4v) is 2.43. The molecule has 1 fully saturated rings. The van der Waals surface area contributed by atoms with Gasteiger partial charge < -0.3 is 20.1 Å². The van der Waals surface area contributed by atoms with E-state index >= 15 is 0 Å². The van der Waals surface area contributed by atoms with Crippen molar-refractivity contribution in [3.63, 3.8) is 0 Å². The van der Waals surface area contributed by atoms with E-state index in [4.69, 9.17) is 9.47 Å². The molecule has 1 atom stereocenters. The Morgan fingerprint density at radius 3 is 2.67 bits per heavy atom. The number of ether oxygens (including phenoxy) is 2. The summed E-state index contributed by atoms with van der Waals surface area (Å²) in [6.07, 6.45) is 2.10. The van der Waals surface area contributed by atoms with Crippen LogP contribution in [0.25, 0.3) is 0 Å². The largest absolute Gasteiger partial charge is 0.486 e. The lowest BCUT2D eigenvalue weighted by atomic mass is 10.2. The molecule has 3 rings (SSSR count). The van der Waals surface area contributed by atoms with Gasteiger partial charge in [0.25, 0.3) is 0 Å². The summed E-state index contributed by atoms with van der Waals surface area (Å²) >= 11 is 0. The second kappa shape index (κ2) is 7.09. The number of anilines is 1. The van der Waals surface area contributed by atoms with Gasteiger partial charge in [0.15, 0.2) is 11.5 Å². The number of likely N-dealkylation sites (N-methyl/N-ethyl adjacent to an activating group) is 1. The first-order valence-corrected chi connectivity index (χ1v) is 8.23. The molecule has 1 aliphatic carbocycles. The quantitative estimate of drug-likeness (QED) is 0.812. The van der Waals surface area contributed by atoms with Crippen LogP contribution in [0.2, 0.25) is 0 Å². The molecule has 0 bridgehead atoms. The molecule has 0 aromatic heterocycles. The van der Waals surface area contributed by atoms with Crippen molar-refractivity contribution in [3.8, 4) is 11.5 Å². The maximum Gasteiger partial charge on any atom is 0.241 e. The van der Waals surface area contributed by atoms with Crippen LogP contribution in [0.3, 0.4) is 0 Å². The van der Waals surface area contributed by atoms with Crippen molar-refractivity contribution < 1.29 is 19.1 Å². The van der Waals surface area contributed by atoms with Crippen LogP contribution < -0.4 is 20.1 Å². The van der Waals surface area contributed by atoms with Crippen LogP contribution in [-0.2, 0) is 9.59 Å². The molecule has 7 nitrogen and oxygen atoms in total. The average Bonchev–Trinajstić information content (AvgIpc) is 3.37. The van der Waals surface area contributed by atoms with Crippen LogP contribution in [0.15, 0.2) is 18.2 Å². The van der Waals surface area contributed by atoms with Crippen LogP contribution in [-0.4, -0.2) is 55.6 Å². The zero-order valence-corrected chi connectivity index (χ0v) is 14.0. The van der Waals surface area contributed by atoms with Gasteiger partial charge in [-0.1, -0.05) is 0 Å². The number of benzene rings is 1. The molecule has 1 aromatic rings. The lowest BCUT2D eigenvalue weighted by Crippen LogP contribution is -2.45. The second-order valence-corrected chi connectivity index (χ2v) is 6.28. The van der Waals surface area contributed by atoms with Gasteiger partial charge in [0.1, 0.15) is 13.2 Å². The van der Waals surface area contributed by atoms with Gasteiger partial charge in [-0.15, -0.1) is 0 Å². The molecule has 1 aromatic carbocycles. The molecule has 24 heavy (non-hydrogen) atoms. The number of carbonyl (C=O) groups excluding carboxylic acids is 2. The summed E-state index contributed by atoms with van der Waals surface area (Å²) in [4.78, 5) is 25.9. The molecule has 1 saturated carbocycles. The first-order valence-electron chi connectivity index (χ1n) is 8.23. The fourth-order valence-electron chi connectivity index (χ4n) is 2.43. The van der Waals surface area contributed by atoms with E-state index in [-0.39, 0.29) is 18.4 Å². The molecule has 2 N–H and O–H groups in total. The predicted octanol–water partition coefficient (Wildman–Crippen LogP) is 0.995. The molecule has 2 amide bonds. The van der Waals surface area contributed by atoms with E-state index in [2.05, 4.69) is 10.6 Å². The van der Waals surface area contributed by atoms with Gasteiger partial charge in [0.05, 0.1) is 12.6 Å². The number of nitrogens with one attached hydrogen (secondary N) is 2. The van der Waals surface area contributed by atoms with E-state index in [0.717, 1.165) is 12.8 Å². The Kier molecular flexibility index (Phi) is 4.89. The van der Waals surface area contributed by atoms with Crippen molar-refractivity contribution in [2.45, 2.75) is 31.8 Å². The molecular formula is C17H23N3O4. The molecular weight excluding hydrogens is 310 g/mol.